The van der Waals surface area contributed by atoms with Gasteiger partial charge in [-0.1, -0.05) is 6.07 Å². The number of hydrogen-bond acceptors (Lipinski definition) is 12. The fraction of sp³-hybridized carbons (Fsp3) is 0.387. The summed E-state index contributed by atoms with van der Waals surface area (Å²) in [4.78, 5) is 15.9. The topological polar surface area (TPSA) is 163 Å². The zero-order valence-electron chi connectivity index (χ0n) is 26.1. The maximum atomic E-state index is 9.88. The van der Waals surface area contributed by atoms with E-state index in [-0.39, 0.29) is 11.9 Å². The average molecular weight is 610 g/mol. The third kappa shape index (κ3) is 5.75. The SMILES string of the molecule is COc1c(Nc2cc(Nc3ccc(C(C)(C)OC)c(C#N)n3)nc3c2nc(C)n3C2CCCCO2)cccc1-c1nnn(C)n1. The van der Waals surface area contributed by atoms with E-state index < -0.39 is 5.60 Å². The number of ether oxygens (including phenoxy) is 3. The van der Waals surface area contributed by atoms with Gasteiger partial charge in [0.15, 0.2) is 11.4 Å². The number of tetrazole rings is 1. The highest BCUT2D eigenvalue weighted by Gasteiger charge is 2.26. The Morgan fingerprint density at radius 2 is 1.89 bits per heavy atom. The molecule has 6 rings (SSSR count). The highest BCUT2D eigenvalue weighted by atomic mass is 16.5. The van der Waals surface area contributed by atoms with Crippen LogP contribution in [0.3, 0.4) is 0 Å². The number of imidazole rings is 1. The van der Waals surface area contributed by atoms with Crippen LogP contribution in [0.1, 0.15) is 56.4 Å². The molecular weight excluding hydrogens is 574 g/mol. The number of benzene rings is 1. The summed E-state index contributed by atoms with van der Waals surface area (Å²) >= 11 is 0. The second kappa shape index (κ2) is 12.1. The van der Waals surface area contributed by atoms with Crippen LogP contribution in [0, 0.1) is 18.3 Å². The van der Waals surface area contributed by atoms with Crippen molar-refractivity contribution in [2.45, 2.75) is 51.9 Å². The van der Waals surface area contributed by atoms with E-state index in [4.69, 9.17) is 24.2 Å². The Bertz CT molecular complexity index is 1900. The number of nitrogens with one attached hydrogen (secondary N) is 2. The zero-order valence-corrected chi connectivity index (χ0v) is 26.1. The van der Waals surface area contributed by atoms with Crippen LogP contribution in [0.15, 0.2) is 36.4 Å². The number of nitrogens with zero attached hydrogens (tertiary/aromatic N) is 9. The predicted molar refractivity (Wildman–Crippen MR) is 167 cm³/mol. The van der Waals surface area contributed by atoms with Crippen LogP contribution in [-0.2, 0) is 22.1 Å². The molecule has 0 amide bonds. The highest BCUT2D eigenvalue weighted by molar-refractivity contribution is 5.92. The molecule has 0 aliphatic carbocycles. The largest absolute Gasteiger partial charge is 0.494 e. The van der Waals surface area contributed by atoms with Gasteiger partial charge < -0.3 is 24.8 Å². The molecule has 1 saturated heterocycles. The Balaban J connectivity index is 1.46. The number of fused-ring (bicyclic) bond motifs is 1. The molecule has 0 bridgehead atoms. The van der Waals surface area contributed by atoms with E-state index in [1.165, 1.54) is 4.80 Å². The fourth-order valence-electron chi connectivity index (χ4n) is 5.51. The summed E-state index contributed by atoms with van der Waals surface area (Å²) in [5.41, 5.74) is 3.64. The summed E-state index contributed by atoms with van der Waals surface area (Å²) in [5.74, 6) is 2.74. The molecule has 0 radical (unpaired) electrons. The minimum Gasteiger partial charge on any atom is -0.494 e. The number of rotatable bonds is 9. The highest BCUT2D eigenvalue weighted by Crippen LogP contribution is 2.39. The zero-order chi connectivity index (χ0) is 31.7. The van der Waals surface area contributed by atoms with Gasteiger partial charge in [-0.3, -0.25) is 4.57 Å². The van der Waals surface area contributed by atoms with E-state index in [0.29, 0.717) is 63.5 Å². The lowest BCUT2D eigenvalue weighted by Gasteiger charge is -2.25. The first-order chi connectivity index (χ1) is 21.7. The first-order valence-corrected chi connectivity index (χ1v) is 14.7. The molecule has 4 aromatic heterocycles. The van der Waals surface area contributed by atoms with Gasteiger partial charge in [-0.2, -0.15) is 10.1 Å². The monoisotopic (exact) mass is 609 g/mol. The Hall–Kier alpha value is -5.13. The molecule has 14 nitrogen and oxygen atoms in total. The number of para-hydroxylation sites is 1. The van der Waals surface area contributed by atoms with Gasteiger partial charge in [0, 0.05) is 25.3 Å². The maximum Gasteiger partial charge on any atom is 0.208 e. The van der Waals surface area contributed by atoms with Crippen LogP contribution in [0.4, 0.5) is 23.0 Å². The van der Waals surface area contributed by atoms with Gasteiger partial charge in [0.25, 0.3) is 0 Å². The summed E-state index contributed by atoms with van der Waals surface area (Å²) in [7, 11) is 4.92. The second-order valence-corrected chi connectivity index (χ2v) is 11.2. The second-order valence-electron chi connectivity index (χ2n) is 11.2. The van der Waals surface area contributed by atoms with Crippen molar-refractivity contribution >= 4 is 34.2 Å². The van der Waals surface area contributed by atoms with Gasteiger partial charge in [0.05, 0.1) is 36.7 Å². The molecule has 1 unspecified atom stereocenters. The van der Waals surface area contributed by atoms with E-state index >= 15 is 0 Å². The third-order valence-corrected chi connectivity index (χ3v) is 7.92. The summed E-state index contributed by atoms with van der Waals surface area (Å²) in [6, 6.07) is 13.4. The quantitative estimate of drug-likeness (QED) is 0.223. The van der Waals surface area contributed by atoms with Crippen molar-refractivity contribution in [3.63, 3.8) is 0 Å². The summed E-state index contributed by atoms with van der Waals surface area (Å²) in [6.45, 7) is 6.42. The van der Waals surface area contributed by atoms with Crippen LogP contribution in [0.5, 0.6) is 5.75 Å². The number of anilines is 4. The van der Waals surface area contributed by atoms with Gasteiger partial charge >= 0.3 is 0 Å². The standard InChI is InChI=1S/C31H35N11O3/c1-18-33-27-22(34-21-11-9-10-19(28(21)43-5)29-38-40-41(4)39-29)16-25(37-30(27)42(18)26-12-7-8-15-45-26)36-24-14-13-20(23(17-32)35-24)31(2,3)44-6/h9-11,13-14,16,26H,7-8,12,15H2,1-6H3,(H2,34,35,36,37). The fourth-order valence-corrected chi connectivity index (χ4v) is 5.51. The van der Waals surface area contributed by atoms with Crippen LogP contribution in [0.2, 0.25) is 0 Å². The summed E-state index contributed by atoms with van der Waals surface area (Å²) in [5, 5.41) is 29.2. The molecule has 45 heavy (non-hydrogen) atoms. The molecule has 232 valence electrons. The molecule has 14 heteroatoms. The van der Waals surface area contributed by atoms with E-state index in [0.717, 1.165) is 25.1 Å². The molecule has 5 heterocycles. The Morgan fingerprint density at radius 3 is 2.58 bits per heavy atom. The van der Waals surface area contributed by atoms with Crippen molar-refractivity contribution in [1.29, 1.82) is 5.26 Å². The van der Waals surface area contributed by atoms with Gasteiger partial charge in [-0.05, 0) is 69.5 Å². The number of hydrogen-bond donors (Lipinski definition) is 2. The van der Waals surface area contributed by atoms with Gasteiger partial charge in [-0.25, -0.2) is 15.0 Å². The normalized spacial score (nSPS) is 15.2. The lowest BCUT2D eigenvalue weighted by molar-refractivity contribution is -0.0308. The lowest BCUT2D eigenvalue weighted by atomic mass is 9.96. The van der Waals surface area contributed by atoms with E-state index in [1.54, 1.807) is 21.3 Å². The molecular formula is C31H35N11O3. The molecule has 1 aliphatic heterocycles. The molecule has 1 aromatic carbocycles. The molecule has 0 saturated carbocycles. The third-order valence-electron chi connectivity index (χ3n) is 7.92. The van der Waals surface area contributed by atoms with E-state index in [2.05, 4.69) is 37.1 Å². The van der Waals surface area contributed by atoms with Crippen LogP contribution >= 0.6 is 0 Å². The van der Waals surface area contributed by atoms with Crippen molar-refractivity contribution in [2.24, 2.45) is 7.05 Å². The van der Waals surface area contributed by atoms with Crippen LogP contribution in [0.25, 0.3) is 22.6 Å². The smallest absolute Gasteiger partial charge is 0.208 e. The Morgan fingerprint density at radius 1 is 1.04 bits per heavy atom. The van der Waals surface area contributed by atoms with Gasteiger partial charge in [-0.15, -0.1) is 10.2 Å². The lowest BCUT2D eigenvalue weighted by Crippen LogP contribution is -2.21. The maximum absolute atomic E-state index is 9.88. The minimum atomic E-state index is -0.677. The van der Waals surface area contributed by atoms with Crippen molar-refractivity contribution in [3.05, 3.63) is 53.5 Å². The number of aromatic nitrogens is 8. The van der Waals surface area contributed by atoms with E-state index in [1.807, 2.05) is 61.7 Å². The van der Waals surface area contributed by atoms with Crippen molar-refractivity contribution in [1.82, 2.24) is 39.7 Å². The Labute approximate surface area is 260 Å². The Kier molecular flexibility index (Phi) is 8.05. The molecule has 0 spiro atoms. The van der Waals surface area contributed by atoms with Gasteiger partial charge in [0.1, 0.15) is 41.0 Å². The van der Waals surface area contributed by atoms with Gasteiger partial charge in [0.2, 0.25) is 5.82 Å². The molecule has 2 N–H and O–H groups in total. The van der Waals surface area contributed by atoms with Crippen LogP contribution in [-0.4, -0.2) is 60.6 Å². The van der Waals surface area contributed by atoms with Crippen molar-refractivity contribution in [2.75, 3.05) is 31.5 Å². The minimum absolute atomic E-state index is 0.182. The van der Waals surface area contributed by atoms with Crippen molar-refractivity contribution in [3.8, 4) is 23.2 Å². The van der Waals surface area contributed by atoms with Crippen LogP contribution < -0.4 is 15.4 Å². The number of pyridine rings is 2. The number of aryl methyl sites for hydroxylation is 2. The number of nitriles is 1. The number of methoxy groups -OCH3 is 2. The summed E-state index contributed by atoms with van der Waals surface area (Å²) in [6.07, 6.45) is 2.76. The molecule has 1 fully saturated rings. The summed E-state index contributed by atoms with van der Waals surface area (Å²) < 4.78 is 19.6. The first kappa shape index (κ1) is 29.9. The predicted octanol–water partition coefficient (Wildman–Crippen LogP) is 5.27. The molecule has 5 aromatic rings. The molecule has 1 aliphatic rings. The van der Waals surface area contributed by atoms with E-state index in [9.17, 15) is 5.26 Å². The van der Waals surface area contributed by atoms with Crippen molar-refractivity contribution < 1.29 is 14.2 Å². The average Bonchev–Trinajstić information content (AvgIpc) is 3.63. The first-order valence-electron chi connectivity index (χ1n) is 14.7. The molecule has 1 atom stereocenters.